The van der Waals surface area contributed by atoms with Gasteiger partial charge in [-0.15, -0.1) is 0 Å². The Hall–Kier alpha value is -3.44. The molecule has 1 saturated heterocycles. The number of piperazine rings is 1. The van der Waals surface area contributed by atoms with Crippen LogP contribution in [0.15, 0.2) is 41.2 Å². The number of halogens is 1. The number of H-pyrrole nitrogens is 1. The van der Waals surface area contributed by atoms with E-state index >= 15 is 0 Å². The third kappa shape index (κ3) is 5.78. The molecule has 5 rings (SSSR count). The molecule has 1 amide bonds. The number of hydrogen-bond acceptors (Lipinski definition) is 7. The molecule has 2 N–H and O–H groups in total. The van der Waals surface area contributed by atoms with Crippen LogP contribution in [0, 0.1) is 10.6 Å². The third-order valence-electron chi connectivity index (χ3n) is 6.80. The lowest BCUT2D eigenvalue weighted by molar-refractivity contribution is -0.121. The van der Waals surface area contributed by atoms with Crippen molar-refractivity contribution >= 4 is 34.7 Å². The van der Waals surface area contributed by atoms with Crippen LogP contribution in [0.4, 0.5) is 10.1 Å². The smallest absolute Gasteiger partial charge is 0.262 e. The summed E-state index contributed by atoms with van der Waals surface area (Å²) < 4.78 is 26.5. The number of nitrogens with zero attached hydrogens (tertiary/aromatic N) is 3. The number of hydrogen-bond donors (Lipinski definition) is 2. The topological polar surface area (TPSA) is 91.8 Å². The quantitative estimate of drug-likeness (QED) is 0.327. The van der Waals surface area contributed by atoms with Crippen molar-refractivity contribution in [3.8, 4) is 11.5 Å². The second-order valence-electron chi connectivity index (χ2n) is 9.23. The molecule has 37 heavy (non-hydrogen) atoms. The first kappa shape index (κ1) is 25.2. The van der Waals surface area contributed by atoms with Crippen molar-refractivity contribution in [1.82, 2.24) is 19.8 Å². The third-order valence-corrected chi connectivity index (χ3v) is 7.12. The van der Waals surface area contributed by atoms with Crippen molar-refractivity contribution < 1.29 is 18.7 Å². The number of benzene rings is 2. The van der Waals surface area contributed by atoms with Crippen LogP contribution in [0.25, 0.3) is 10.9 Å². The molecule has 1 aromatic heterocycles. The second kappa shape index (κ2) is 11.3. The van der Waals surface area contributed by atoms with Crippen LogP contribution in [0.2, 0.25) is 0 Å². The van der Waals surface area contributed by atoms with E-state index in [0.29, 0.717) is 58.8 Å². The van der Waals surface area contributed by atoms with Crippen molar-refractivity contribution in [3.63, 3.8) is 0 Å². The Balaban J connectivity index is 1.03. The van der Waals surface area contributed by atoms with Crippen LogP contribution < -0.4 is 25.2 Å². The predicted octanol–water partition coefficient (Wildman–Crippen LogP) is 3.04. The lowest BCUT2D eigenvalue weighted by atomic mass is 10.2. The Morgan fingerprint density at radius 1 is 1.05 bits per heavy atom. The van der Waals surface area contributed by atoms with Gasteiger partial charge in [-0.25, -0.2) is 4.39 Å². The number of anilines is 1. The Morgan fingerprint density at radius 3 is 2.59 bits per heavy atom. The van der Waals surface area contributed by atoms with Gasteiger partial charge in [-0.3, -0.25) is 19.1 Å². The number of fused-ring (bicyclic) bond motifs is 2. The van der Waals surface area contributed by atoms with Crippen molar-refractivity contribution in [3.05, 3.63) is 57.3 Å². The molecule has 0 spiro atoms. The first-order valence-electron chi connectivity index (χ1n) is 12.5. The highest BCUT2D eigenvalue weighted by Gasteiger charge is 2.19. The summed E-state index contributed by atoms with van der Waals surface area (Å²) in [4.78, 5) is 32.8. The van der Waals surface area contributed by atoms with Gasteiger partial charge in [0, 0.05) is 51.8 Å². The van der Waals surface area contributed by atoms with E-state index in [1.165, 1.54) is 10.6 Å². The fourth-order valence-electron chi connectivity index (χ4n) is 4.78. The Morgan fingerprint density at radius 2 is 1.81 bits per heavy atom. The zero-order chi connectivity index (χ0) is 25.8. The number of carbonyl (C=O) groups excluding carboxylic acids is 1. The van der Waals surface area contributed by atoms with E-state index in [1.807, 2.05) is 12.1 Å². The van der Waals surface area contributed by atoms with Crippen LogP contribution in [0.3, 0.4) is 0 Å². The minimum absolute atomic E-state index is 0.0449. The SMILES string of the molecule is O=C(CCCn1c(=S)[nH]c2cc3c(cc2c1=O)OCO3)NCCCN1CCN(c2ccccc2F)CC1. The summed E-state index contributed by atoms with van der Waals surface area (Å²) in [5, 5.41) is 3.43. The first-order valence-corrected chi connectivity index (χ1v) is 13.0. The molecule has 1 fully saturated rings. The number of para-hydroxylation sites is 1. The van der Waals surface area contributed by atoms with Crippen molar-refractivity contribution in [2.45, 2.75) is 25.8 Å². The maximum absolute atomic E-state index is 14.0. The number of aromatic nitrogens is 2. The van der Waals surface area contributed by atoms with Gasteiger partial charge in [-0.05, 0) is 49.8 Å². The van der Waals surface area contributed by atoms with E-state index in [0.717, 1.165) is 39.1 Å². The van der Waals surface area contributed by atoms with Gasteiger partial charge in [0.25, 0.3) is 5.56 Å². The van der Waals surface area contributed by atoms with Gasteiger partial charge >= 0.3 is 0 Å². The highest BCUT2D eigenvalue weighted by molar-refractivity contribution is 7.71. The average molecular weight is 528 g/mol. The molecule has 11 heteroatoms. The van der Waals surface area contributed by atoms with Crippen LogP contribution >= 0.6 is 12.2 Å². The summed E-state index contributed by atoms with van der Waals surface area (Å²) in [6.07, 6.45) is 1.65. The largest absolute Gasteiger partial charge is 0.454 e. The minimum Gasteiger partial charge on any atom is -0.454 e. The fourth-order valence-corrected chi connectivity index (χ4v) is 5.07. The van der Waals surface area contributed by atoms with E-state index in [1.54, 1.807) is 18.2 Å². The zero-order valence-corrected chi connectivity index (χ0v) is 21.3. The normalized spacial score (nSPS) is 15.3. The predicted molar refractivity (Wildman–Crippen MR) is 141 cm³/mol. The number of aromatic amines is 1. The van der Waals surface area contributed by atoms with Gasteiger partial charge in [0.05, 0.1) is 16.6 Å². The molecule has 9 nitrogen and oxygen atoms in total. The molecule has 0 unspecified atom stereocenters. The molecule has 3 aromatic rings. The van der Waals surface area contributed by atoms with Crippen molar-refractivity contribution in [1.29, 1.82) is 0 Å². The number of ether oxygens (including phenoxy) is 2. The van der Waals surface area contributed by atoms with Crippen LogP contribution in [0.5, 0.6) is 11.5 Å². The van der Waals surface area contributed by atoms with E-state index in [9.17, 15) is 14.0 Å². The highest BCUT2D eigenvalue weighted by Crippen LogP contribution is 2.34. The van der Waals surface area contributed by atoms with Crippen molar-refractivity contribution in [2.75, 3.05) is 51.0 Å². The van der Waals surface area contributed by atoms with Gasteiger partial charge in [-0.2, -0.15) is 0 Å². The molecule has 2 aliphatic rings. The molecular weight excluding hydrogens is 497 g/mol. The molecule has 2 aliphatic heterocycles. The molecule has 0 saturated carbocycles. The monoisotopic (exact) mass is 527 g/mol. The summed E-state index contributed by atoms with van der Waals surface area (Å²) in [7, 11) is 0. The molecule has 3 heterocycles. The lowest BCUT2D eigenvalue weighted by Gasteiger charge is -2.36. The summed E-state index contributed by atoms with van der Waals surface area (Å²) in [5.41, 5.74) is 1.04. The average Bonchev–Trinajstić information content (AvgIpc) is 3.36. The maximum Gasteiger partial charge on any atom is 0.262 e. The number of amides is 1. The lowest BCUT2D eigenvalue weighted by Crippen LogP contribution is -2.47. The Bertz CT molecular complexity index is 1400. The molecule has 0 bridgehead atoms. The van der Waals surface area contributed by atoms with Gasteiger partial charge in [0.15, 0.2) is 16.3 Å². The summed E-state index contributed by atoms with van der Waals surface area (Å²) in [5.74, 6) is 0.889. The number of nitrogens with one attached hydrogen (secondary N) is 2. The second-order valence-corrected chi connectivity index (χ2v) is 9.61. The zero-order valence-electron chi connectivity index (χ0n) is 20.5. The number of carbonyl (C=O) groups is 1. The summed E-state index contributed by atoms with van der Waals surface area (Å²) in [6.45, 7) is 5.25. The Labute approximate surface area is 218 Å². The maximum atomic E-state index is 14.0. The molecule has 2 aromatic carbocycles. The first-order chi connectivity index (χ1) is 18.0. The molecule has 0 aliphatic carbocycles. The van der Waals surface area contributed by atoms with E-state index in [-0.39, 0.29) is 24.1 Å². The van der Waals surface area contributed by atoms with Gasteiger partial charge in [0.1, 0.15) is 5.82 Å². The van der Waals surface area contributed by atoms with Crippen LogP contribution in [-0.2, 0) is 11.3 Å². The fraction of sp³-hybridized carbons (Fsp3) is 0.423. The van der Waals surface area contributed by atoms with E-state index < -0.39 is 0 Å². The van der Waals surface area contributed by atoms with E-state index in [2.05, 4.69) is 20.1 Å². The van der Waals surface area contributed by atoms with Crippen LogP contribution in [0.1, 0.15) is 19.3 Å². The highest BCUT2D eigenvalue weighted by atomic mass is 32.1. The van der Waals surface area contributed by atoms with Gasteiger partial charge in [-0.1, -0.05) is 12.1 Å². The minimum atomic E-state index is -0.215. The van der Waals surface area contributed by atoms with Gasteiger partial charge in [0.2, 0.25) is 12.7 Å². The molecule has 196 valence electrons. The summed E-state index contributed by atoms with van der Waals surface area (Å²) >= 11 is 5.37. The molecular formula is C26H30FN5O4S. The van der Waals surface area contributed by atoms with Gasteiger partial charge < -0.3 is 24.7 Å². The molecule has 0 atom stereocenters. The number of rotatable bonds is 9. The van der Waals surface area contributed by atoms with Crippen LogP contribution in [-0.4, -0.2) is 66.4 Å². The molecule has 0 radical (unpaired) electrons. The summed E-state index contributed by atoms with van der Waals surface area (Å²) in [6, 6.07) is 10.3. The Kier molecular flexibility index (Phi) is 7.71. The standard InChI is InChI=1S/C26H30FN5O4S/c27-19-5-1-2-6-21(19)31-13-11-30(12-14-31)9-4-8-28-24(33)7-3-10-32-25(34)18-15-22-23(36-17-35-22)16-20(18)29-26(32)37/h1-2,5-6,15-16H,3-4,7-14,17H2,(H,28,33)(H,29,37). The van der Waals surface area contributed by atoms with Crippen molar-refractivity contribution in [2.24, 2.45) is 0 Å². The van der Waals surface area contributed by atoms with E-state index in [4.69, 9.17) is 21.7 Å².